The Labute approximate surface area is 94.5 Å². The van der Waals surface area contributed by atoms with Crippen LogP contribution in [0.3, 0.4) is 0 Å². The molecule has 0 atom stereocenters. The molecule has 0 saturated carbocycles. The third kappa shape index (κ3) is 3.86. The minimum atomic E-state index is -0.582. The number of anilines is 1. The second kappa shape index (κ2) is 4.94. The number of carbonyl (C=O) groups excluding carboxylic acids is 1. The second-order valence-electron chi connectivity index (χ2n) is 4.30. The molecule has 5 heteroatoms. The van der Waals surface area contributed by atoms with Gasteiger partial charge in [-0.25, -0.2) is 9.78 Å². The van der Waals surface area contributed by atoms with Crippen molar-refractivity contribution in [3.63, 3.8) is 0 Å². The van der Waals surface area contributed by atoms with E-state index in [1.54, 1.807) is 32.9 Å². The molecule has 16 heavy (non-hydrogen) atoms. The predicted molar refractivity (Wildman–Crippen MR) is 60.0 cm³/mol. The molecule has 0 aromatic carbocycles. The van der Waals surface area contributed by atoms with E-state index < -0.39 is 11.7 Å². The van der Waals surface area contributed by atoms with Crippen molar-refractivity contribution in [2.45, 2.75) is 33.0 Å². The molecule has 0 fully saturated rings. The summed E-state index contributed by atoms with van der Waals surface area (Å²) in [6.45, 7) is 5.15. The van der Waals surface area contributed by atoms with Crippen LogP contribution in [0.5, 0.6) is 0 Å². The van der Waals surface area contributed by atoms with Crippen molar-refractivity contribution in [2.75, 3.05) is 5.32 Å². The van der Waals surface area contributed by atoms with Crippen LogP contribution in [0.15, 0.2) is 18.3 Å². The molecule has 0 aliphatic rings. The number of rotatable bonds is 2. The Morgan fingerprint density at radius 2 is 2.25 bits per heavy atom. The molecule has 0 bridgehead atoms. The van der Waals surface area contributed by atoms with E-state index in [9.17, 15) is 4.79 Å². The smallest absolute Gasteiger partial charge is 0.413 e. The van der Waals surface area contributed by atoms with Gasteiger partial charge in [-0.05, 0) is 26.8 Å². The standard InChI is InChI=1S/C11H16N2O3/c1-11(2,3)16-10(15)13-9-8(7-14)5-4-6-12-9/h4-6,14H,7H2,1-3H3,(H,12,13,15). The maximum Gasteiger partial charge on any atom is 0.413 e. The Balaban J connectivity index is 2.70. The van der Waals surface area contributed by atoms with Crippen molar-refractivity contribution in [3.05, 3.63) is 23.9 Å². The number of aliphatic hydroxyl groups excluding tert-OH is 1. The summed E-state index contributed by atoms with van der Waals surface area (Å²) in [4.78, 5) is 15.4. The van der Waals surface area contributed by atoms with Crippen molar-refractivity contribution in [3.8, 4) is 0 Å². The average Bonchev–Trinajstić information content (AvgIpc) is 2.15. The number of nitrogens with zero attached hydrogens (tertiary/aromatic N) is 1. The minimum Gasteiger partial charge on any atom is -0.444 e. The molecule has 2 N–H and O–H groups in total. The van der Waals surface area contributed by atoms with Gasteiger partial charge in [0.25, 0.3) is 0 Å². The summed E-state index contributed by atoms with van der Waals surface area (Å²) in [5.41, 5.74) is -0.00789. The summed E-state index contributed by atoms with van der Waals surface area (Å²) in [5.74, 6) is 0.319. The molecule has 1 amide bonds. The normalized spacial score (nSPS) is 11.0. The van der Waals surface area contributed by atoms with Crippen molar-refractivity contribution in [1.82, 2.24) is 4.98 Å². The van der Waals surface area contributed by atoms with Crippen molar-refractivity contribution in [1.29, 1.82) is 0 Å². The monoisotopic (exact) mass is 224 g/mol. The first-order chi connectivity index (χ1) is 7.42. The van der Waals surface area contributed by atoms with Gasteiger partial charge in [0.2, 0.25) is 0 Å². The van der Waals surface area contributed by atoms with E-state index >= 15 is 0 Å². The number of carbonyl (C=O) groups is 1. The molecule has 0 radical (unpaired) electrons. The first-order valence-electron chi connectivity index (χ1n) is 4.97. The fourth-order valence-corrected chi connectivity index (χ4v) is 1.08. The Morgan fingerprint density at radius 3 is 2.81 bits per heavy atom. The molecule has 1 aromatic heterocycles. The second-order valence-corrected chi connectivity index (χ2v) is 4.30. The van der Waals surface area contributed by atoms with E-state index in [-0.39, 0.29) is 6.61 Å². The van der Waals surface area contributed by atoms with E-state index in [0.29, 0.717) is 11.4 Å². The summed E-state index contributed by atoms with van der Waals surface area (Å²) in [5, 5.41) is 11.5. The van der Waals surface area contributed by atoms with Crippen LogP contribution in [0.25, 0.3) is 0 Å². The lowest BCUT2D eigenvalue weighted by molar-refractivity contribution is 0.0635. The number of aromatic nitrogens is 1. The Kier molecular flexibility index (Phi) is 3.84. The van der Waals surface area contributed by atoms with Gasteiger partial charge in [-0.15, -0.1) is 0 Å². The van der Waals surface area contributed by atoms with E-state index in [1.807, 2.05) is 0 Å². The summed E-state index contributed by atoms with van der Waals surface area (Å²) < 4.78 is 5.07. The number of nitrogens with one attached hydrogen (secondary N) is 1. The molecule has 0 aliphatic heterocycles. The first kappa shape index (κ1) is 12.4. The average molecular weight is 224 g/mol. The molecule has 1 aromatic rings. The van der Waals surface area contributed by atoms with Crippen molar-refractivity contribution < 1.29 is 14.6 Å². The van der Waals surface area contributed by atoms with Gasteiger partial charge < -0.3 is 9.84 Å². The molecule has 0 unspecified atom stereocenters. The van der Waals surface area contributed by atoms with Gasteiger partial charge in [0, 0.05) is 11.8 Å². The van der Waals surface area contributed by atoms with Gasteiger partial charge in [0.15, 0.2) is 0 Å². The lowest BCUT2D eigenvalue weighted by Crippen LogP contribution is -2.27. The zero-order valence-corrected chi connectivity index (χ0v) is 9.65. The molecule has 0 saturated heterocycles. The summed E-state index contributed by atoms with van der Waals surface area (Å²) in [6, 6.07) is 3.37. The molecule has 1 rings (SSSR count). The number of amides is 1. The molecular formula is C11H16N2O3. The maximum absolute atomic E-state index is 11.4. The number of aliphatic hydroxyl groups is 1. The van der Waals surface area contributed by atoms with Crippen LogP contribution in [-0.2, 0) is 11.3 Å². The van der Waals surface area contributed by atoms with Gasteiger partial charge in [0.05, 0.1) is 6.61 Å². The summed E-state index contributed by atoms with van der Waals surface area (Å²) in [6.07, 6.45) is 0.951. The molecule has 0 aliphatic carbocycles. The highest BCUT2D eigenvalue weighted by atomic mass is 16.6. The Morgan fingerprint density at radius 1 is 1.56 bits per heavy atom. The number of hydrogen-bond donors (Lipinski definition) is 2. The highest BCUT2D eigenvalue weighted by molar-refractivity contribution is 5.84. The van der Waals surface area contributed by atoms with E-state index in [2.05, 4.69) is 10.3 Å². The van der Waals surface area contributed by atoms with E-state index in [0.717, 1.165) is 0 Å². The topological polar surface area (TPSA) is 71.5 Å². The lowest BCUT2D eigenvalue weighted by Gasteiger charge is -2.19. The van der Waals surface area contributed by atoms with Crippen LogP contribution in [0, 0.1) is 0 Å². The third-order valence-corrected chi connectivity index (χ3v) is 1.68. The molecule has 88 valence electrons. The van der Waals surface area contributed by atoms with Crippen LogP contribution in [0.1, 0.15) is 26.3 Å². The van der Waals surface area contributed by atoms with Gasteiger partial charge in [-0.3, -0.25) is 5.32 Å². The molecular weight excluding hydrogens is 208 g/mol. The van der Waals surface area contributed by atoms with Crippen LogP contribution in [-0.4, -0.2) is 21.8 Å². The highest BCUT2D eigenvalue weighted by Crippen LogP contribution is 2.13. The van der Waals surface area contributed by atoms with Crippen LogP contribution in [0.4, 0.5) is 10.6 Å². The minimum absolute atomic E-state index is 0.182. The first-order valence-corrected chi connectivity index (χ1v) is 4.97. The van der Waals surface area contributed by atoms with Gasteiger partial charge in [0.1, 0.15) is 11.4 Å². The van der Waals surface area contributed by atoms with Crippen LogP contribution in [0.2, 0.25) is 0 Å². The number of hydrogen-bond acceptors (Lipinski definition) is 4. The lowest BCUT2D eigenvalue weighted by atomic mass is 10.2. The van der Waals surface area contributed by atoms with Crippen molar-refractivity contribution in [2.24, 2.45) is 0 Å². The zero-order chi connectivity index (χ0) is 12.2. The Hall–Kier alpha value is -1.62. The summed E-state index contributed by atoms with van der Waals surface area (Å²) in [7, 11) is 0. The van der Waals surface area contributed by atoms with Gasteiger partial charge in [-0.2, -0.15) is 0 Å². The molecule has 1 heterocycles. The van der Waals surface area contributed by atoms with Crippen LogP contribution >= 0.6 is 0 Å². The fraction of sp³-hybridized carbons (Fsp3) is 0.455. The van der Waals surface area contributed by atoms with Crippen molar-refractivity contribution >= 4 is 11.9 Å². The molecule has 5 nitrogen and oxygen atoms in total. The van der Waals surface area contributed by atoms with E-state index in [1.165, 1.54) is 6.20 Å². The van der Waals surface area contributed by atoms with Gasteiger partial charge >= 0.3 is 6.09 Å². The van der Waals surface area contributed by atoms with E-state index in [4.69, 9.17) is 9.84 Å². The predicted octanol–water partition coefficient (Wildman–Crippen LogP) is 1.92. The fourth-order valence-electron chi connectivity index (χ4n) is 1.08. The number of pyridine rings is 1. The SMILES string of the molecule is CC(C)(C)OC(=O)Nc1ncccc1CO. The quantitative estimate of drug-likeness (QED) is 0.805. The maximum atomic E-state index is 11.4. The van der Waals surface area contributed by atoms with Gasteiger partial charge in [-0.1, -0.05) is 6.07 Å². The number of ether oxygens (including phenoxy) is 1. The third-order valence-electron chi connectivity index (χ3n) is 1.68. The largest absolute Gasteiger partial charge is 0.444 e. The highest BCUT2D eigenvalue weighted by Gasteiger charge is 2.17. The zero-order valence-electron chi connectivity index (χ0n) is 9.65. The van der Waals surface area contributed by atoms with Crippen LogP contribution < -0.4 is 5.32 Å². The molecule has 0 spiro atoms. The Bertz CT molecular complexity index is 372. The summed E-state index contributed by atoms with van der Waals surface area (Å²) >= 11 is 0.